The Kier molecular flexibility index (Phi) is 3.95. The van der Waals surface area contributed by atoms with Crippen LogP contribution in [-0.4, -0.2) is 30.4 Å². The van der Waals surface area contributed by atoms with Gasteiger partial charge in [-0.25, -0.2) is 8.78 Å². The lowest BCUT2D eigenvalue weighted by molar-refractivity contribution is -0.128. The lowest BCUT2D eigenvalue weighted by atomic mass is 10.2. The zero-order chi connectivity index (χ0) is 13.8. The molecule has 0 aliphatic carbocycles. The molecule has 19 heavy (non-hydrogen) atoms. The summed E-state index contributed by atoms with van der Waals surface area (Å²) in [5, 5.41) is 11.1. The molecule has 0 aromatic heterocycles. The second kappa shape index (κ2) is 5.65. The molecule has 1 amide bonds. The molecule has 1 aromatic carbocycles. The van der Waals surface area contributed by atoms with Gasteiger partial charge >= 0.3 is 0 Å². The number of benzene rings is 1. The highest BCUT2D eigenvalue weighted by Gasteiger charge is 2.19. The van der Waals surface area contributed by atoms with Crippen LogP contribution in [0.2, 0.25) is 0 Å². The number of halogens is 2. The molecule has 1 aliphatic rings. The van der Waals surface area contributed by atoms with Gasteiger partial charge in [0.05, 0.1) is 17.8 Å². The largest absolute Gasteiger partial charge is 0.374 e. The van der Waals surface area contributed by atoms with Gasteiger partial charge < -0.3 is 10.2 Å². The molecule has 1 aliphatic heterocycles. The van der Waals surface area contributed by atoms with E-state index in [0.29, 0.717) is 13.1 Å². The van der Waals surface area contributed by atoms with E-state index >= 15 is 0 Å². The molecule has 0 unspecified atom stereocenters. The van der Waals surface area contributed by atoms with E-state index in [9.17, 15) is 13.6 Å². The van der Waals surface area contributed by atoms with Crippen molar-refractivity contribution in [2.75, 3.05) is 25.0 Å². The smallest absolute Gasteiger partial charge is 0.241 e. The molecule has 2 rings (SSSR count). The molecular weight excluding hydrogens is 252 g/mol. The van der Waals surface area contributed by atoms with Crippen LogP contribution in [0, 0.1) is 23.0 Å². The Bertz CT molecular complexity index is 533. The first-order chi connectivity index (χ1) is 9.13. The number of anilines is 1. The summed E-state index contributed by atoms with van der Waals surface area (Å²) in [6.45, 7) is 1.34. The predicted molar refractivity (Wildman–Crippen MR) is 65.4 cm³/mol. The third-order valence-corrected chi connectivity index (χ3v) is 3.09. The zero-order valence-electron chi connectivity index (χ0n) is 10.2. The summed E-state index contributed by atoms with van der Waals surface area (Å²) in [5.41, 5.74) is -0.460. The van der Waals surface area contributed by atoms with Gasteiger partial charge in [0.15, 0.2) is 11.6 Å². The topological polar surface area (TPSA) is 56.1 Å². The lowest BCUT2D eigenvalue weighted by Crippen LogP contribution is -2.33. The number of nitrogens with zero attached hydrogens (tertiary/aromatic N) is 2. The van der Waals surface area contributed by atoms with E-state index in [0.717, 1.165) is 12.8 Å². The van der Waals surface area contributed by atoms with Crippen LogP contribution in [0.1, 0.15) is 18.4 Å². The van der Waals surface area contributed by atoms with E-state index < -0.39 is 11.6 Å². The lowest BCUT2D eigenvalue weighted by Gasteiger charge is -2.16. The maximum Gasteiger partial charge on any atom is 0.241 e. The number of hydrogen-bond acceptors (Lipinski definition) is 3. The van der Waals surface area contributed by atoms with Gasteiger partial charge in [0.25, 0.3) is 0 Å². The first kappa shape index (κ1) is 13.3. The van der Waals surface area contributed by atoms with Crippen molar-refractivity contribution >= 4 is 11.6 Å². The molecule has 1 heterocycles. The van der Waals surface area contributed by atoms with Crippen molar-refractivity contribution in [2.24, 2.45) is 0 Å². The van der Waals surface area contributed by atoms with Gasteiger partial charge in [-0.15, -0.1) is 0 Å². The average molecular weight is 265 g/mol. The Labute approximate surface area is 109 Å². The van der Waals surface area contributed by atoms with Crippen LogP contribution in [0.15, 0.2) is 12.1 Å². The molecule has 1 N–H and O–H groups in total. The number of hydrogen-bond donors (Lipinski definition) is 1. The number of carbonyl (C=O) groups is 1. The third-order valence-electron chi connectivity index (χ3n) is 3.09. The molecule has 0 spiro atoms. The summed E-state index contributed by atoms with van der Waals surface area (Å²) < 4.78 is 26.9. The van der Waals surface area contributed by atoms with E-state index in [2.05, 4.69) is 5.32 Å². The number of nitriles is 1. The van der Waals surface area contributed by atoms with Gasteiger partial charge in [-0.2, -0.15) is 5.26 Å². The maximum atomic E-state index is 13.6. The van der Waals surface area contributed by atoms with Crippen molar-refractivity contribution in [1.82, 2.24) is 4.90 Å². The van der Waals surface area contributed by atoms with Crippen LogP contribution >= 0.6 is 0 Å². The van der Waals surface area contributed by atoms with Gasteiger partial charge in [-0.3, -0.25) is 4.79 Å². The van der Waals surface area contributed by atoms with Crippen LogP contribution < -0.4 is 5.32 Å². The van der Waals surface area contributed by atoms with E-state index in [1.54, 1.807) is 11.0 Å². The van der Waals surface area contributed by atoms with Gasteiger partial charge in [-0.1, -0.05) is 0 Å². The highest BCUT2D eigenvalue weighted by Crippen LogP contribution is 2.20. The standard InChI is InChI=1S/C13H13F2N3O/c14-12-9(7-16)3-4-10(13(12)15)17-8-11(19)18-5-1-2-6-18/h3-4,17H,1-2,5-6,8H2. The minimum atomic E-state index is -1.19. The SMILES string of the molecule is N#Cc1ccc(NCC(=O)N2CCCC2)c(F)c1F. The summed E-state index contributed by atoms with van der Waals surface area (Å²) in [5.74, 6) is -2.46. The first-order valence-corrected chi connectivity index (χ1v) is 6.03. The molecule has 100 valence electrons. The number of nitrogens with one attached hydrogen (secondary N) is 1. The summed E-state index contributed by atoms with van der Waals surface area (Å²) in [6, 6.07) is 3.99. The number of rotatable bonds is 3. The quantitative estimate of drug-likeness (QED) is 0.907. The third kappa shape index (κ3) is 2.81. The monoisotopic (exact) mass is 265 g/mol. The fourth-order valence-electron chi connectivity index (χ4n) is 2.02. The van der Waals surface area contributed by atoms with Crippen molar-refractivity contribution in [2.45, 2.75) is 12.8 Å². The first-order valence-electron chi connectivity index (χ1n) is 6.03. The van der Waals surface area contributed by atoms with Gasteiger partial charge in [0, 0.05) is 13.1 Å². The summed E-state index contributed by atoms with van der Waals surface area (Å²) in [6.07, 6.45) is 1.96. The minimum absolute atomic E-state index is 0.0811. The number of carbonyl (C=O) groups excluding carboxylic acids is 1. The maximum absolute atomic E-state index is 13.6. The molecular formula is C13H13F2N3O. The molecule has 6 heteroatoms. The Hall–Kier alpha value is -2.16. The molecule has 1 fully saturated rings. The second-order valence-corrected chi connectivity index (χ2v) is 4.34. The summed E-state index contributed by atoms with van der Waals surface area (Å²) in [7, 11) is 0. The van der Waals surface area contributed by atoms with Crippen LogP contribution in [0.25, 0.3) is 0 Å². The summed E-state index contributed by atoms with van der Waals surface area (Å²) >= 11 is 0. The van der Waals surface area contributed by atoms with Crippen molar-refractivity contribution in [3.8, 4) is 6.07 Å². The fourth-order valence-corrected chi connectivity index (χ4v) is 2.02. The minimum Gasteiger partial charge on any atom is -0.374 e. The van der Waals surface area contributed by atoms with Crippen molar-refractivity contribution < 1.29 is 13.6 Å². The number of likely N-dealkylation sites (tertiary alicyclic amines) is 1. The van der Waals surface area contributed by atoms with Crippen LogP contribution in [0.4, 0.5) is 14.5 Å². The predicted octanol–water partition coefficient (Wildman–Crippen LogP) is 1.87. The van der Waals surface area contributed by atoms with Gasteiger partial charge in [0.1, 0.15) is 6.07 Å². The Morgan fingerprint density at radius 1 is 1.32 bits per heavy atom. The van der Waals surface area contributed by atoms with Gasteiger partial charge in [-0.05, 0) is 25.0 Å². The van der Waals surface area contributed by atoms with Crippen LogP contribution in [-0.2, 0) is 4.79 Å². The van der Waals surface area contributed by atoms with Crippen LogP contribution in [0.5, 0.6) is 0 Å². The molecule has 0 atom stereocenters. The van der Waals surface area contributed by atoms with E-state index in [4.69, 9.17) is 5.26 Å². The second-order valence-electron chi connectivity index (χ2n) is 4.34. The molecule has 0 radical (unpaired) electrons. The molecule has 0 bridgehead atoms. The Morgan fingerprint density at radius 3 is 2.63 bits per heavy atom. The molecule has 1 saturated heterocycles. The van der Waals surface area contributed by atoms with E-state index in [-0.39, 0.29) is 23.7 Å². The van der Waals surface area contributed by atoms with Crippen LogP contribution in [0.3, 0.4) is 0 Å². The normalized spacial score (nSPS) is 14.3. The Balaban J connectivity index is 2.02. The van der Waals surface area contributed by atoms with E-state index in [1.807, 2.05) is 0 Å². The highest BCUT2D eigenvalue weighted by atomic mass is 19.2. The number of amides is 1. The molecule has 4 nitrogen and oxygen atoms in total. The summed E-state index contributed by atoms with van der Waals surface area (Å²) in [4.78, 5) is 13.4. The average Bonchev–Trinajstić information content (AvgIpc) is 2.94. The van der Waals surface area contributed by atoms with Crippen molar-refractivity contribution in [3.05, 3.63) is 29.3 Å². The highest BCUT2D eigenvalue weighted by molar-refractivity contribution is 5.81. The van der Waals surface area contributed by atoms with E-state index in [1.165, 1.54) is 12.1 Å². The van der Waals surface area contributed by atoms with Crippen molar-refractivity contribution in [1.29, 1.82) is 5.26 Å². The van der Waals surface area contributed by atoms with Crippen molar-refractivity contribution in [3.63, 3.8) is 0 Å². The molecule has 0 saturated carbocycles. The molecule has 1 aromatic rings. The Morgan fingerprint density at radius 2 is 2.00 bits per heavy atom. The zero-order valence-corrected chi connectivity index (χ0v) is 10.2. The van der Waals surface area contributed by atoms with Gasteiger partial charge in [0.2, 0.25) is 5.91 Å². The fraction of sp³-hybridized carbons (Fsp3) is 0.385.